The van der Waals surface area contributed by atoms with Gasteiger partial charge in [0.25, 0.3) is 0 Å². The van der Waals surface area contributed by atoms with Gasteiger partial charge >= 0.3 is 0 Å². The van der Waals surface area contributed by atoms with Gasteiger partial charge in [0.15, 0.2) is 5.13 Å². The van der Waals surface area contributed by atoms with Crippen LogP contribution in [0.15, 0.2) is 29.6 Å². The highest BCUT2D eigenvalue weighted by molar-refractivity contribution is 7.13. The highest BCUT2D eigenvalue weighted by Crippen LogP contribution is 2.16. The molecule has 0 atom stereocenters. The molecule has 78 valence electrons. The first-order valence-electron chi connectivity index (χ1n) is 4.75. The first-order chi connectivity index (χ1) is 7.25. The molecule has 4 heteroatoms. The number of nitrogens with two attached hydrogens (primary N) is 1. The second-order valence-electron chi connectivity index (χ2n) is 3.35. The first-order valence-corrected chi connectivity index (χ1v) is 5.63. The van der Waals surface area contributed by atoms with Crippen LogP contribution in [-0.2, 0) is 6.54 Å². The highest BCUT2D eigenvalue weighted by atomic mass is 32.1. The maximum atomic E-state index is 5.56. The van der Waals surface area contributed by atoms with Crippen molar-refractivity contribution < 1.29 is 0 Å². The number of hydrogen-bond donors (Lipinski definition) is 2. The maximum absolute atomic E-state index is 5.56. The predicted octanol–water partition coefficient (Wildman–Crippen LogP) is 2.65. The normalized spacial score (nSPS) is 10.2. The summed E-state index contributed by atoms with van der Waals surface area (Å²) >= 11 is 1.47. The zero-order valence-electron chi connectivity index (χ0n) is 8.53. The van der Waals surface area contributed by atoms with E-state index in [2.05, 4.69) is 29.4 Å². The minimum Gasteiger partial charge on any atom is -0.379 e. The molecule has 0 aliphatic carbocycles. The molecule has 0 saturated heterocycles. The lowest BCUT2D eigenvalue weighted by Gasteiger charge is -2.07. The number of hydrogen-bond acceptors (Lipinski definition) is 4. The third-order valence-corrected chi connectivity index (χ3v) is 2.90. The van der Waals surface area contributed by atoms with Gasteiger partial charge in [-0.25, -0.2) is 4.98 Å². The molecule has 0 spiro atoms. The molecular weight excluding hydrogens is 206 g/mol. The molecule has 0 aliphatic heterocycles. The van der Waals surface area contributed by atoms with Gasteiger partial charge in [-0.2, -0.15) is 0 Å². The Kier molecular flexibility index (Phi) is 2.87. The topological polar surface area (TPSA) is 50.9 Å². The maximum Gasteiger partial charge on any atom is 0.180 e. The molecule has 0 unspecified atom stereocenters. The number of thiazole rings is 1. The number of aromatic nitrogens is 1. The van der Waals surface area contributed by atoms with Crippen LogP contribution < -0.4 is 11.1 Å². The van der Waals surface area contributed by atoms with Gasteiger partial charge < -0.3 is 11.1 Å². The van der Waals surface area contributed by atoms with Crippen LogP contribution >= 0.6 is 11.3 Å². The van der Waals surface area contributed by atoms with E-state index in [1.165, 1.54) is 16.9 Å². The number of nitrogens with zero attached hydrogens (tertiary/aromatic N) is 1. The molecule has 1 aromatic carbocycles. The largest absolute Gasteiger partial charge is 0.379 e. The highest BCUT2D eigenvalue weighted by Gasteiger charge is 1.99. The number of nitrogen functional groups attached to an aromatic ring is 1. The Labute approximate surface area is 93.0 Å². The van der Waals surface area contributed by atoms with Gasteiger partial charge in [0.2, 0.25) is 0 Å². The van der Waals surface area contributed by atoms with Gasteiger partial charge in [0.1, 0.15) is 0 Å². The summed E-state index contributed by atoms with van der Waals surface area (Å²) in [6.07, 6.45) is 0. The van der Waals surface area contributed by atoms with E-state index >= 15 is 0 Å². The summed E-state index contributed by atoms with van der Waals surface area (Å²) in [7, 11) is 0. The quantitative estimate of drug-likeness (QED) is 0.834. The van der Waals surface area contributed by atoms with E-state index in [0.29, 0.717) is 5.13 Å². The zero-order chi connectivity index (χ0) is 10.7. The van der Waals surface area contributed by atoms with E-state index in [-0.39, 0.29) is 0 Å². The van der Waals surface area contributed by atoms with Crippen molar-refractivity contribution in [1.29, 1.82) is 0 Å². The molecule has 3 nitrogen and oxygen atoms in total. The van der Waals surface area contributed by atoms with Crippen molar-refractivity contribution in [3.8, 4) is 0 Å². The van der Waals surface area contributed by atoms with E-state index in [4.69, 9.17) is 5.73 Å². The number of anilines is 2. The van der Waals surface area contributed by atoms with Crippen molar-refractivity contribution in [3.05, 3.63) is 40.9 Å². The Bertz CT molecular complexity index is 451. The van der Waals surface area contributed by atoms with Crippen molar-refractivity contribution in [1.82, 2.24) is 4.98 Å². The summed E-state index contributed by atoms with van der Waals surface area (Å²) < 4.78 is 0. The molecule has 3 N–H and O–H groups in total. The number of aryl methyl sites for hydroxylation is 1. The third-order valence-electron chi connectivity index (χ3n) is 2.17. The lowest BCUT2D eigenvalue weighted by molar-refractivity contribution is 1.07. The molecule has 2 rings (SSSR count). The molecule has 0 amide bonds. The summed E-state index contributed by atoms with van der Waals surface area (Å²) in [6, 6.07) is 8.19. The average molecular weight is 219 g/mol. The summed E-state index contributed by atoms with van der Waals surface area (Å²) in [6.45, 7) is 2.80. The van der Waals surface area contributed by atoms with Crippen LogP contribution in [-0.4, -0.2) is 4.98 Å². The van der Waals surface area contributed by atoms with Crippen LogP contribution in [0.1, 0.15) is 11.3 Å². The Morgan fingerprint density at radius 2 is 2.20 bits per heavy atom. The van der Waals surface area contributed by atoms with Crippen molar-refractivity contribution in [2.75, 3.05) is 11.1 Å². The second kappa shape index (κ2) is 4.31. The summed E-state index contributed by atoms with van der Waals surface area (Å²) in [4.78, 5) is 4.19. The van der Waals surface area contributed by atoms with Gasteiger partial charge in [-0.05, 0) is 18.6 Å². The minimum atomic E-state index is 0.622. The first kappa shape index (κ1) is 9.98. The Morgan fingerprint density at radius 3 is 2.87 bits per heavy atom. The fraction of sp³-hybridized carbons (Fsp3) is 0.182. The van der Waals surface area contributed by atoms with Gasteiger partial charge in [-0.3, -0.25) is 0 Å². The fourth-order valence-corrected chi connectivity index (χ4v) is 1.92. The summed E-state index contributed by atoms with van der Waals surface area (Å²) in [5.41, 5.74) is 8.92. The van der Waals surface area contributed by atoms with Crippen molar-refractivity contribution in [2.24, 2.45) is 0 Å². The molecule has 15 heavy (non-hydrogen) atoms. The van der Waals surface area contributed by atoms with Crippen molar-refractivity contribution in [3.63, 3.8) is 0 Å². The lowest BCUT2D eigenvalue weighted by atomic mass is 10.2. The number of para-hydroxylation sites is 1. The Balaban J connectivity index is 2.02. The molecule has 2 aromatic rings. The van der Waals surface area contributed by atoms with Gasteiger partial charge in [0.05, 0.1) is 12.2 Å². The van der Waals surface area contributed by atoms with Crippen molar-refractivity contribution in [2.45, 2.75) is 13.5 Å². The molecule has 0 aliphatic rings. The molecule has 0 bridgehead atoms. The monoisotopic (exact) mass is 219 g/mol. The Morgan fingerprint density at radius 1 is 1.40 bits per heavy atom. The standard InChI is InChI=1S/C11H13N3S/c1-8-4-2-3-5-10(8)13-6-9-7-15-11(12)14-9/h2-5,7,13H,6H2,1H3,(H2,12,14). The molecule has 0 saturated carbocycles. The predicted molar refractivity (Wildman–Crippen MR) is 65.0 cm³/mol. The summed E-state index contributed by atoms with van der Waals surface area (Å²) in [5, 5.41) is 5.93. The second-order valence-corrected chi connectivity index (χ2v) is 4.24. The van der Waals surface area contributed by atoms with E-state index in [1.54, 1.807) is 0 Å². The van der Waals surface area contributed by atoms with Gasteiger partial charge in [0, 0.05) is 11.1 Å². The lowest BCUT2D eigenvalue weighted by Crippen LogP contribution is -2.01. The van der Waals surface area contributed by atoms with Crippen LogP contribution in [0.2, 0.25) is 0 Å². The van der Waals surface area contributed by atoms with Crippen LogP contribution in [0.3, 0.4) is 0 Å². The smallest absolute Gasteiger partial charge is 0.180 e. The molecule has 0 fully saturated rings. The van der Waals surface area contributed by atoms with Crippen LogP contribution in [0.25, 0.3) is 0 Å². The van der Waals surface area contributed by atoms with Crippen molar-refractivity contribution >= 4 is 22.2 Å². The SMILES string of the molecule is Cc1ccccc1NCc1csc(N)n1. The number of rotatable bonds is 3. The Hall–Kier alpha value is -1.55. The average Bonchev–Trinajstić information content (AvgIpc) is 2.63. The number of nitrogens with one attached hydrogen (secondary N) is 1. The van der Waals surface area contributed by atoms with E-state index in [0.717, 1.165) is 17.9 Å². The minimum absolute atomic E-state index is 0.622. The van der Waals surface area contributed by atoms with Crippen LogP contribution in [0.5, 0.6) is 0 Å². The van der Waals surface area contributed by atoms with E-state index in [1.807, 2.05) is 17.5 Å². The van der Waals surface area contributed by atoms with Crippen LogP contribution in [0, 0.1) is 6.92 Å². The van der Waals surface area contributed by atoms with E-state index in [9.17, 15) is 0 Å². The third kappa shape index (κ3) is 2.47. The fourth-order valence-electron chi connectivity index (χ4n) is 1.36. The van der Waals surface area contributed by atoms with E-state index < -0.39 is 0 Å². The zero-order valence-corrected chi connectivity index (χ0v) is 9.34. The van der Waals surface area contributed by atoms with Gasteiger partial charge in [-0.1, -0.05) is 18.2 Å². The number of benzene rings is 1. The van der Waals surface area contributed by atoms with Gasteiger partial charge in [-0.15, -0.1) is 11.3 Å². The van der Waals surface area contributed by atoms with Crippen LogP contribution in [0.4, 0.5) is 10.8 Å². The molecular formula is C11H13N3S. The molecule has 1 aromatic heterocycles. The molecule has 1 heterocycles. The summed E-state index contributed by atoms with van der Waals surface area (Å²) in [5.74, 6) is 0. The molecule has 0 radical (unpaired) electrons.